The first-order chi connectivity index (χ1) is 14.7. The lowest BCUT2D eigenvalue weighted by Crippen LogP contribution is -1.92. The van der Waals surface area contributed by atoms with E-state index in [2.05, 4.69) is 54.5 Å². The molecular formula is C27H27N3. The van der Waals surface area contributed by atoms with Crippen LogP contribution in [-0.2, 0) is 12.8 Å². The van der Waals surface area contributed by atoms with Crippen LogP contribution < -0.4 is 0 Å². The van der Waals surface area contributed by atoms with Gasteiger partial charge in [0.25, 0.3) is 0 Å². The molecule has 0 spiro atoms. The van der Waals surface area contributed by atoms with Gasteiger partial charge in [-0.1, -0.05) is 62.3 Å². The second kappa shape index (κ2) is 10.2. The molecule has 0 aliphatic carbocycles. The number of allylic oxidation sites excluding steroid dienone is 5. The fourth-order valence-corrected chi connectivity index (χ4v) is 3.36. The van der Waals surface area contributed by atoms with Gasteiger partial charge in [-0.25, -0.2) is 4.98 Å². The molecule has 2 aromatic heterocycles. The number of nitrogens with one attached hydrogen (secondary N) is 1. The third kappa shape index (κ3) is 5.04. The van der Waals surface area contributed by atoms with Crippen LogP contribution >= 0.6 is 0 Å². The van der Waals surface area contributed by atoms with Gasteiger partial charge in [-0.3, -0.25) is 4.98 Å². The summed E-state index contributed by atoms with van der Waals surface area (Å²) in [6, 6.07) is 12.5. The summed E-state index contributed by atoms with van der Waals surface area (Å²) in [5.74, 6) is 3.41. The quantitative estimate of drug-likeness (QED) is 0.363. The molecular weight excluding hydrogens is 366 g/mol. The van der Waals surface area contributed by atoms with Crippen molar-refractivity contribution < 1.29 is 0 Å². The summed E-state index contributed by atoms with van der Waals surface area (Å²) in [4.78, 5) is 12.9. The van der Waals surface area contributed by atoms with E-state index in [1.807, 2.05) is 30.4 Å². The van der Waals surface area contributed by atoms with Gasteiger partial charge >= 0.3 is 0 Å². The van der Waals surface area contributed by atoms with Crippen molar-refractivity contribution in [1.82, 2.24) is 15.0 Å². The van der Waals surface area contributed by atoms with Gasteiger partial charge in [0.05, 0.1) is 17.1 Å². The van der Waals surface area contributed by atoms with Gasteiger partial charge < -0.3 is 4.98 Å². The second-order valence-corrected chi connectivity index (χ2v) is 7.13. The number of pyridine rings is 1. The van der Waals surface area contributed by atoms with Crippen molar-refractivity contribution in [2.75, 3.05) is 0 Å². The standard InChI is InChI=1S/C27H27N3/c1-5-11-21(7-3)13-10-15-25-29-26(27(30-25)24-14-8-9-18-28-24)23-17-16-20(4)22(19-23)12-6-2/h1,7-11,13-14,16-19H,3,6,12,15H2,2,4H3,(H,29,30)/b13-10-,21-11-. The predicted molar refractivity (Wildman–Crippen MR) is 126 cm³/mol. The zero-order chi connectivity index (χ0) is 21.3. The van der Waals surface area contributed by atoms with E-state index >= 15 is 0 Å². The van der Waals surface area contributed by atoms with Gasteiger partial charge in [0.15, 0.2) is 0 Å². The second-order valence-electron chi connectivity index (χ2n) is 7.13. The van der Waals surface area contributed by atoms with Crippen LogP contribution in [0.2, 0.25) is 0 Å². The molecule has 3 nitrogen and oxygen atoms in total. The number of terminal acetylenes is 1. The average molecular weight is 394 g/mol. The zero-order valence-electron chi connectivity index (χ0n) is 17.7. The first-order valence-corrected chi connectivity index (χ1v) is 10.2. The molecule has 1 N–H and O–H groups in total. The highest BCUT2D eigenvalue weighted by Crippen LogP contribution is 2.30. The molecule has 0 saturated heterocycles. The molecule has 0 fully saturated rings. The molecule has 30 heavy (non-hydrogen) atoms. The summed E-state index contributed by atoms with van der Waals surface area (Å²) < 4.78 is 0. The van der Waals surface area contributed by atoms with E-state index in [4.69, 9.17) is 11.4 Å². The van der Waals surface area contributed by atoms with E-state index in [9.17, 15) is 0 Å². The number of aromatic amines is 1. The molecule has 1 aromatic carbocycles. The topological polar surface area (TPSA) is 41.6 Å². The smallest absolute Gasteiger partial charge is 0.111 e. The number of nitrogens with zero attached hydrogens (tertiary/aromatic N) is 2. The third-order valence-electron chi connectivity index (χ3n) is 4.92. The molecule has 0 atom stereocenters. The summed E-state index contributed by atoms with van der Waals surface area (Å²) in [5.41, 5.74) is 7.43. The van der Waals surface area contributed by atoms with Gasteiger partial charge in [-0.15, -0.1) is 6.42 Å². The Morgan fingerprint density at radius 3 is 2.83 bits per heavy atom. The average Bonchev–Trinajstić information content (AvgIpc) is 3.19. The van der Waals surface area contributed by atoms with E-state index in [-0.39, 0.29) is 0 Å². The lowest BCUT2D eigenvalue weighted by atomic mass is 9.98. The monoisotopic (exact) mass is 393 g/mol. The summed E-state index contributed by atoms with van der Waals surface area (Å²) >= 11 is 0. The molecule has 0 saturated carbocycles. The fourth-order valence-electron chi connectivity index (χ4n) is 3.36. The van der Waals surface area contributed by atoms with Crippen LogP contribution in [0.1, 0.15) is 30.3 Å². The van der Waals surface area contributed by atoms with Crippen molar-refractivity contribution in [2.24, 2.45) is 0 Å². The Balaban J connectivity index is 2.01. The molecule has 2 heterocycles. The molecule has 0 aliphatic heterocycles. The Morgan fingerprint density at radius 2 is 2.13 bits per heavy atom. The molecule has 0 unspecified atom stereocenters. The molecule has 150 valence electrons. The molecule has 0 radical (unpaired) electrons. The normalized spacial score (nSPS) is 11.6. The third-order valence-corrected chi connectivity index (χ3v) is 4.92. The van der Waals surface area contributed by atoms with Crippen molar-refractivity contribution in [3.8, 4) is 35.0 Å². The Labute approximate surface area is 179 Å². The lowest BCUT2D eigenvalue weighted by molar-refractivity contribution is 0.913. The van der Waals surface area contributed by atoms with Crippen LogP contribution in [0.4, 0.5) is 0 Å². The number of hydrogen-bond acceptors (Lipinski definition) is 2. The van der Waals surface area contributed by atoms with Gasteiger partial charge in [0.1, 0.15) is 5.82 Å². The number of imidazole rings is 1. The highest BCUT2D eigenvalue weighted by molar-refractivity contribution is 5.77. The molecule has 0 aliphatic rings. The number of benzene rings is 1. The van der Waals surface area contributed by atoms with Crippen LogP contribution in [0.25, 0.3) is 22.6 Å². The maximum absolute atomic E-state index is 5.35. The molecule has 3 heteroatoms. The van der Waals surface area contributed by atoms with Crippen molar-refractivity contribution in [2.45, 2.75) is 33.1 Å². The van der Waals surface area contributed by atoms with Crippen molar-refractivity contribution >= 4 is 0 Å². The van der Waals surface area contributed by atoms with E-state index in [0.717, 1.165) is 46.9 Å². The number of hydrogen-bond donors (Lipinski definition) is 1. The Kier molecular flexibility index (Phi) is 7.19. The Bertz CT molecular complexity index is 1110. The maximum atomic E-state index is 5.35. The van der Waals surface area contributed by atoms with Crippen LogP contribution in [0, 0.1) is 19.3 Å². The maximum Gasteiger partial charge on any atom is 0.111 e. The lowest BCUT2D eigenvalue weighted by Gasteiger charge is -2.08. The van der Waals surface area contributed by atoms with E-state index < -0.39 is 0 Å². The van der Waals surface area contributed by atoms with Crippen LogP contribution in [-0.4, -0.2) is 15.0 Å². The zero-order valence-corrected chi connectivity index (χ0v) is 17.7. The largest absolute Gasteiger partial charge is 0.340 e. The Hall–Kier alpha value is -3.64. The summed E-state index contributed by atoms with van der Waals surface area (Å²) in [6.45, 7) is 8.15. The Morgan fingerprint density at radius 1 is 1.27 bits per heavy atom. The van der Waals surface area contributed by atoms with Gasteiger partial charge in [0.2, 0.25) is 0 Å². The SMILES string of the molecule is C#C/C=C(C=C)\C=C/Cc1nc(-c2ccc(C)c(CCC)c2)c(-c2ccccn2)[nH]1. The van der Waals surface area contributed by atoms with Gasteiger partial charge in [-0.2, -0.15) is 0 Å². The minimum absolute atomic E-state index is 0.656. The number of aryl methyl sites for hydroxylation is 2. The van der Waals surface area contributed by atoms with E-state index in [1.54, 1.807) is 18.3 Å². The van der Waals surface area contributed by atoms with E-state index in [1.165, 1.54) is 11.1 Å². The van der Waals surface area contributed by atoms with Crippen molar-refractivity contribution in [3.05, 3.63) is 96.0 Å². The van der Waals surface area contributed by atoms with Crippen molar-refractivity contribution in [1.29, 1.82) is 0 Å². The summed E-state index contributed by atoms with van der Waals surface area (Å²) in [6.07, 6.45) is 17.4. The first kappa shape index (κ1) is 21.1. The number of aromatic nitrogens is 3. The number of rotatable bonds is 8. The minimum atomic E-state index is 0.656. The first-order valence-electron chi connectivity index (χ1n) is 10.2. The predicted octanol–water partition coefficient (Wildman–Crippen LogP) is 6.24. The number of H-pyrrole nitrogens is 1. The molecule has 3 aromatic rings. The summed E-state index contributed by atoms with van der Waals surface area (Å²) in [5, 5.41) is 0. The molecule has 0 bridgehead atoms. The highest BCUT2D eigenvalue weighted by atomic mass is 15.0. The van der Waals surface area contributed by atoms with Gasteiger partial charge in [0, 0.05) is 18.2 Å². The van der Waals surface area contributed by atoms with Gasteiger partial charge in [-0.05, 0) is 54.3 Å². The van der Waals surface area contributed by atoms with Crippen LogP contribution in [0.5, 0.6) is 0 Å². The molecule has 3 rings (SSSR count). The van der Waals surface area contributed by atoms with Crippen molar-refractivity contribution in [3.63, 3.8) is 0 Å². The minimum Gasteiger partial charge on any atom is -0.340 e. The summed E-state index contributed by atoms with van der Waals surface area (Å²) in [7, 11) is 0. The van der Waals surface area contributed by atoms with Crippen LogP contribution in [0.3, 0.4) is 0 Å². The fraction of sp³-hybridized carbons (Fsp3) is 0.185. The van der Waals surface area contributed by atoms with E-state index in [0.29, 0.717) is 6.42 Å². The van der Waals surface area contributed by atoms with Crippen LogP contribution in [0.15, 0.2) is 79.1 Å². The highest BCUT2D eigenvalue weighted by Gasteiger charge is 2.15. The molecule has 0 amide bonds.